The zero-order valence-electron chi connectivity index (χ0n) is 12.9. The van der Waals surface area contributed by atoms with Gasteiger partial charge in [-0.3, -0.25) is 9.59 Å². The first kappa shape index (κ1) is 16.5. The minimum Gasteiger partial charge on any atom is -0.436 e. The lowest BCUT2D eigenvalue weighted by molar-refractivity contribution is -0.187. The molecule has 0 bridgehead atoms. The van der Waals surface area contributed by atoms with Crippen LogP contribution in [-0.4, -0.2) is 30.8 Å². The maximum Gasteiger partial charge on any atom is 0.310 e. The van der Waals surface area contributed by atoms with E-state index in [0.29, 0.717) is 13.0 Å². The second-order valence-electron chi connectivity index (χ2n) is 5.58. The van der Waals surface area contributed by atoms with Gasteiger partial charge < -0.3 is 14.8 Å². The molecule has 1 saturated heterocycles. The van der Waals surface area contributed by atoms with Crippen molar-refractivity contribution >= 4 is 11.9 Å². The molecule has 0 radical (unpaired) electrons. The fourth-order valence-electron chi connectivity index (χ4n) is 2.56. The Morgan fingerprint density at radius 3 is 2.73 bits per heavy atom. The highest BCUT2D eigenvalue weighted by atomic mass is 16.7. The molecule has 0 aromatic heterocycles. The summed E-state index contributed by atoms with van der Waals surface area (Å²) in [5.74, 6) is -0.482. The van der Waals surface area contributed by atoms with Crippen LogP contribution in [0.2, 0.25) is 0 Å². The van der Waals surface area contributed by atoms with Crippen LogP contribution in [0.4, 0.5) is 0 Å². The van der Waals surface area contributed by atoms with Crippen molar-refractivity contribution in [3.63, 3.8) is 0 Å². The molecule has 0 saturated carbocycles. The lowest BCUT2D eigenvalue weighted by atomic mass is 10.0. The van der Waals surface area contributed by atoms with E-state index >= 15 is 0 Å². The van der Waals surface area contributed by atoms with Crippen molar-refractivity contribution in [2.75, 3.05) is 6.61 Å². The Bertz CT molecular complexity index is 483. The number of nitrogens with one attached hydrogen (secondary N) is 1. The molecule has 1 fully saturated rings. The highest BCUT2D eigenvalue weighted by Gasteiger charge is 2.21. The monoisotopic (exact) mass is 305 g/mol. The zero-order valence-corrected chi connectivity index (χ0v) is 12.9. The van der Waals surface area contributed by atoms with Crippen LogP contribution in [-0.2, 0) is 25.5 Å². The summed E-state index contributed by atoms with van der Waals surface area (Å²) in [5, 5.41) is 2.82. The molecule has 5 nitrogen and oxygen atoms in total. The molecule has 22 heavy (non-hydrogen) atoms. The van der Waals surface area contributed by atoms with E-state index in [4.69, 9.17) is 9.47 Å². The quantitative estimate of drug-likeness (QED) is 0.818. The molecule has 1 N–H and O–H groups in total. The van der Waals surface area contributed by atoms with E-state index in [1.54, 1.807) is 0 Å². The molecular formula is C17H23NO4. The van der Waals surface area contributed by atoms with Crippen LogP contribution in [0.3, 0.4) is 0 Å². The van der Waals surface area contributed by atoms with E-state index in [1.807, 2.05) is 30.3 Å². The molecule has 120 valence electrons. The van der Waals surface area contributed by atoms with Gasteiger partial charge in [0.2, 0.25) is 12.2 Å². The molecular weight excluding hydrogens is 282 g/mol. The predicted octanol–water partition coefficient (Wildman–Crippen LogP) is 2.19. The fraction of sp³-hybridized carbons (Fsp3) is 0.529. The van der Waals surface area contributed by atoms with E-state index in [1.165, 1.54) is 6.92 Å². The lowest BCUT2D eigenvalue weighted by Gasteiger charge is -2.24. The first-order valence-electron chi connectivity index (χ1n) is 7.75. The molecule has 1 aromatic rings. The summed E-state index contributed by atoms with van der Waals surface area (Å²) in [6.45, 7) is 2.09. The van der Waals surface area contributed by atoms with Gasteiger partial charge in [-0.25, -0.2) is 0 Å². The van der Waals surface area contributed by atoms with Crippen LogP contribution < -0.4 is 5.32 Å². The molecule has 0 aliphatic carbocycles. The molecule has 5 heteroatoms. The Hall–Kier alpha value is -1.88. The number of carbonyl (C=O) groups excluding carboxylic acids is 2. The van der Waals surface area contributed by atoms with Gasteiger partial charge in [-0.2, -0.15) is 0 Å². The second kappa shape index (κ2) is 8.54. The van der Waals surface area contributed by atoms with Crippen LogP contribution in [0.5, 0.6) is 0 Å². The largest absolute Gasteiger partial charge is 0.436 e. The highest BCUT2D eigenvalue weighted by Crippen LogP contribution is 2.15. The maximum atomic E-state index is 12.0. The molecule has 1 aliphatic rings. The normalized spacial score (nSPS) is 19.2. The van der Waals surface area contributed by atoms with E-state index in [2.05, 4.69) is 5.32 Å². The Morgan fingerprint density at radius 2 is 2.09 bits per heavy atom. The smallest absolute Gasteiger partial charge is 0.310 e. The van der Waals surface area contributed by atoms with Gasteiger partial charge in [0, 0.05) is 19.4 Å². The van der Waals surface area contributed by atoms with Gasteiger partial charge in [-0.05, 0) is 24.8 Å². The van der Waals surface area contributed by atoms with Crippen molar-refractivity contribution in [1.29, 1.82) is 0 Å². The van der Waals surface area contributed by atoms with Crippen molar-refractivity contribution in [1.82, 2.24) is 5.32 Å². The molecule has 1 aromatic carbocycles. The highest BCUT2D eigenvalue weighted by molar-refractivity contribution is 5.75. The topological polar surface area (TPSA) is 64.6 Å². The third-order valence-corrected chi connectivity index (χ3v) is 3.55. The van der Waals surface area contributed by atoms with Crippen molar-refractivity contribution in [2.45, 2.75) is 51.4 Å². The van der Waals surface area contributed by atoms with Crippen molar-refractivity contribution in [3.05, 3.63) is 35.9 Å². The lowest BCUT2D eigenvalue weighted by Crippen LogP contribution is -2.38. The van der Waals surface area contributed by atoms with Gasteiger partial charge in [-0.1, -0.05) is 30.3 Å². The average Bonchev–Trinajstić information content (AvgIpc) is 2.48. The Labute approximate surface area is 131 Å². The van der Waals surface area contributed by atoms with Gasteiger partial charge in [0.15, 0.2) is 0 Å². The van der Waals surface area contributed by atoms with E-state index in [9.17, 15) is 9.59 Å². The number of esters is 1. The summed E-state index contributed by atoms with van der Waals surface area (Å²) < 4.78 is 10.7. The average molecular weight is 305 g/mol. The number of amides is 1. The van der Waals surface area contributed by atoms with E-state index in [0.717, 1.165) is 24.8 Å². The minimum atomic E-state index is -0.434. The van der Waals surface area contributed by atoms with Gasteiger partial charge >= 0.3 is 5.97 Å². The van der Waals surface area contributed by atoms with Crippen LogP contribution in [0.1, 0.15) is 38.2 Å². The number of hydrogen-bond donors (Lipinski definition) is 1. The van der Waals surface area contributed by atoms with Crippen molar-refractivity contribution in [2.24, 2.45) is 0 Å². The third-order valence-electron chi connectivity index (χ3n) is 3.55. The predicted molar refractivity (Wildman–Crippen MR) is 82.1 cm³/mol. The first-order chi connectivity index (χ1) is 10.6. The fourth-order valence-corrected chi connectivity index (χ4v) is 2.56. The van der Waals surface area contributed by atoms with Gasteiger partial charge in [0.25, 0.3) is 0 Å². The molecule has 0 spiro atoms. The summed E-state index contributed by atoms with van der Waals surface area (Å²) >= 11 is 0. The number of hydrogen-bond acceptors (Lipinski definition) is 4. The first-order valence-corrected chi connectivity index (χ1v) is 7.75. The Balaban J connectivity index is 1.87. The van der Waals surface area contributed by atoms with E-state index < -0.39 is 6.29 Å². The Morgan fingerprint density at radius 1 is 1.32 bits per heavy atom. The van der Waals surface area contributed by atoms with Crippen LogP contribution in [0, 0.1) is 0 Å². The van der Waals surface area contributed by atoms with Crippen LogP contribution in [0.15, 0.2) is 30.3 Å². The number of ether oxygens (including phenoxy) is 2. The number of rotatable bonds is 6. The summed E-state index contributed by atoms with van der Waals surface area (Å²) in [7, 11) is 0. The summed E-state index contributed by atoms with van der Waals surface area (Å²) in [6, 6.07) is 9.50. The van der Waals surface area contributed by atoms with Crippen LogP contribution >= 0.6 is 0 Å². The minimum absolute atomic E-state index is 0.147. The number of benzene rings is 1. The number of carbonyl (C=O) groups is 2. The van der Waals surface area contributed by atoms with Gasteiger partial charge in [0.05, 0.1) is 13.0 Å². The second-order valence-corrected chi connectivity index (χ2v) is 5.58. The molecule has 1 amide bonds. The van der Waals surface area contributed by atoms with Crippen molar-refractivity contribution < 1.29 is 19.1 Å². The molecule has 2 atom stereocenters. The van der Waals surface area contributed by atoms with Gasteiger partial charge in [-0.15, -0.1) is 0 Å². The molecule has 2 unspecified atom stereocenters. The maximum absolute atomic E-state index is 12.0. The summed E-state index contributed by atoms with van der Waals surface area (Å²) in [4.78, 5) is 23.4. The molecule has 2 rings (SSSR count). The van der Waals surface area contributed by atoms with E-state index in [-0.39, 0.29) is 24.3 Å². The Kier molecular flexibility index (Phi) is 6.40. The van der Waals surface area contributed by atoms with Gasteiger partial charge in [0.1, 0.15) is 0 Å². The van der Waals surface area contributed by atoms with Crippen LogP contribution in [0.25, 0.3) is 0 Å². The third kappa shape index (κ3) is 5.85. The standard InChI is InChI=1S/C17H23NO4/c1-13(19)18-15(11-14-7-3-2-4-8-14)12-16(20)22-17-9-5-6-10-21-17/h2-4,7-8,15,17H,5-6,9-12H2,1H3,(H,18,19). The summed E-state index contributed by atoms with van der Waals surface area (Å²) in [5.41, 5.74) is 1.07. The SMILES string of the molecule is CC(=O)NC(CC(=O)OC1CCCCO1)Cc1ccccc1. The molecule has 1 heterocycles. The molecule has 1 aliphatic heterocycles. The summed E-state index contributed by atoms with van der Waals surface area (Å²) in [6.07, 6.45) is 3.08. The van der Waals surface area contributed by atoms with Crippen molar-refractivity contribution in [3.8, 4) is 0 Å². The zero-order chi connectivity index (χ0) is 15.8.